The van der Waals surface area contributed by atoms with E-state index in [0.717, 1.165) is 22.1 Å². The number of para-hydroxylation sites is 1. The van der Waals surface area contributed by atoms with Crippen molar-refractivity contribution in [3.8, 4) is 5.75 Å². The Morgan fingerprint density at radius 3 is 3.06 bits per heavy atom. The summed E-state index contributed by atoms with van der Waals surface area (Å²) in [4.78, 5) is 15.1. The van der Waals surface area contributed by atoms with Crippen molar-refractivity contribution < 1.29 is 9.53 Å². The molecule has 1 heterocycles. The number of benzene rings is 1. The van der Waals surface area contributed by atoms with E-state index in [2.05, 4.69) is 6.92 Å². The topological polar surface area (TPSA) is 55.6 Å². The Morgan fingerprint density at radius 2 is 2.39 bits per heavy atom. The van der Waals surface area contributed by atoms with Crippen LogP contribution in [0.25, 0.3) is 0 Å². The Bertz CT molecular complexity index is 436. The van der Waals surface area contributed by atoms with E-state index < -0.39 is 0 Å². The van der Waals surface area contributed by atoms with Gasteiger partial charge in [-0.05, 0) is 19.1 Å². The third-order valence-corrected chi connectivity index (χ3v) is 4.26. The molecule has 1 aromatic rings. The molecule has 0 radical (unpaired) electrons. The van der Waals surface area contributed by atoms with Gasteiger partial charge in [-0.3, -0.25) is 4.79 Å². The molecule has 1 atom stereocenters. The molecule has 0 aromatic heterocycles. The number of carbonyl (C=O) groups excluding carboxylic acids is 1. The van der Waals surface area contributed by atoms with Crippen molar-refractivity contribution in [1.29, 1.82) is 0 Å². The summed E-state index contributed by atoms with van der Waals surface area (Å²) in [7, 11) is 1.63. The van der Waals surface area contributed by atoms with Gasteiger partial charge in [-0.25, -0.2) is 0 Å². The molecule has 0 fully saturated rings. The number of nitrogens with two attached hydrogens (primary N) is 1. The molecule has 0 bridgehead atoms. The van der Waals surface area contributed by atoms with Gasteiger partial charge in [-0.2, -0.15) is 0 Å². The number of anilines is 1. The fraction of sp³-hybridized carbons (Fsp3) is 0.462. The first kappa shape index (κ1) is 13.2. The maximum atomic E-state index is 12.2. The largest absolute Gasteiger partial charge is 0.495 e. The summed E-state index contributed by atoms with van der Waals surface area (Å²) in [5.41, 5.74) is 6.38. The van der Waals surface area contributed by atoms with Crippen molar-refractivity contribution in [2.45, 2.75) is 24.3 Å². The highest BCUT2D eigenvalue weighted by Gasteiger charge is 2.30. The number of carbonyl (C=O) groups is 1. The maximum Gasteiger partial charge on any atom is 0.228 e. The molecule has 5 heteroatoms. The van der Waals surface area contributed by atoms with Crippen LogP contribution in [0.5, 0.6) is 5.75 Å². The normalized spacial score (nSPS) is 18.4. The lowest BCUT2D eigenvalue weighted by Gasteiger charge is -2.35. The second-order valence-corrected chi connectivity index (χ2v) is 5.33. The molecular weight excluding hydrogens is 248 g/mol. The number of hydrogen-bond donors (Lipinski definition) is 1. The second-order valence-electron chi connectivity index (χ2n) is 4.27. The molecular formula is C13H18N2O2S. The average molecular weight is 266 g/mol. The molecule has 1 unspecified atom stereocenters. The van der Waals surface area contributed by atoms with Crippen LogP contribution in [0, 0.1) is 0 Å². The van der Waals surface area contributed by atoms with E-state index in [1.165, 1.54) is 0 Å². The molecule has 0 spiro atoms. The van der Waals surface area contributed by atoms with Crippen molar-refractivity contribution in [3.63, 3.8) is 0 Å². The van der Waals surface area contributed by atoms with Gasteiger partial charge in [-0.1, -0.05) is 6.07 Å². The van der Waals surface area contributed by atoms with Crippen LogP contribution in [-0.2, 0) is 4.79 Å². The van der Waals surface area contributed by atoms with E-state index in [0.29, 0.717) is 13.0 Å². The molecule has 0 saturated heterocycles. The van der Waals surface area contributed by atoms with E-state index in [1.807, 2.05) is 23.1 Å². The molecule has 2 N–H and O–H groups in total. The number of ether oxygens (including phenoxy) is 1. The Labute approximate surface area is 111 Å². The van der Waals surface area contributed by atoms with E-state index in [9.17, 15) is 4.79 Å². The van der Waals surface area contributed by atoms with E-state index in [-0.39, 0.29) is 11.9 Å². The third-order valence-electron chi connectivity index (χ3n) is 2.97. The van der Waals surface area contributed by atoms with Gasteiger partial charge < -0.3 is 15.4 Å². The maximum absolute atomic E-state index is 12.2. The predicted octanol–water partition coefficient (Wildman–Crippen LogP) is 1.87. The highest BCUT2D eigenvalue weighted by atomic mass is 32.2. The zero-order chi connectivity index (χ0) is 13.1. The number of fused-ring (bicyclic) bond motifs is 1. The molecule has 4 nitrogen and oxygen atoms in total. The van der Waals surface area contributed by atoms with Crippen LogP contribution in [0.15, 0.2) is 23.1 Å². The number of thioether (sulfide) groups is 1. The minimum Gasteiger partial charge on any atom is -0.495 e. The Morgan fingerprint density at radius 1 is 1.61 bits per heavy atom. The smallest absolute Gasteiger partial charge is 0.228 e. The molecule has 2 rings (SSSR count). The van der Waals surface area contributed by atoms with Crippen LogP contribution < -0.4 is 15.4 Å². The first-order valence-corrected chi connectivity index (χ1v) is 6.99. The van der Waals surface area contributed by atoms with Crippen molar-refractivity contribution in [2.24, 2.45) is 5.73 Å². The Kier molecular flexibility index (Phi) is 4.14. The summed E-state index contributed by atoms with van der Waals surface area (Å²) in [6.45, 7) is 2.43. The van der Waals surface area contributed by atoms with Crippen LogP contribution in [-0.4, -0.2) is 31.4 Å². The predicted molar refractivity (Wildman–Crippen MR) is 74.3 cm³/mol. The SMILES string of the molecule is COc1cccc2c1N(C(=O)CCN)C(C)CS2. The molecule has 18 heavy (non-hydrogen) atoms. The number of methoxy groups -OCH3 is 1. The van der Waals surface area contributed by atoms with Gasteiger partial charge in [0.2, 0.25) is 5.91 Å². The van der Waals surface area contributed by atoms with E-state index >= 15 is 0 Å². The fourth-order valence-corrected chi connectivity index (χ4v) is 3.22. The zero-order valence-electron chi connectivity index (χ0n) is 10.7. The standard InChI is InChI=1S/C13H18N2O2S/c1-9-8-18-11-5-3-4-10(17-2)13(11)15(9)12(16)6-7-14/h3-5,9H,6-8,14H2,1-2H3. The minimum atomic E-state index is 0.0658. The molecule has 1 aliphatic rings. The first-order valence-electron chi connectivity index (χ1n) is 6.01. The van der Waals surface area contributed by atoms with Crippen LogP contribution in [0.4, 0.5) is 5.69 Å². The lowest BCUT2D eigenvalue weighted by molar-refractivity contribution is -0.118. The summed E-state index contributed by atoms with van der Waals surface area (Å²) in [6, 6.07) is 6.03. The first-order chi connectivity index (χ1) is 8.69. The summed E-state index contributed by atoms with van der Waals surface area (Å²) >= 11 is 1.76. The molecule has 0 aliphatic carbocycles. The van der Waals surface area contributed by atoms with Crippen molar-refractivity contribution in [3.05, 3.63) is 18.2 Å². The van der Waals surface area contributed by atoms with Gasteiger partial charge >= 0.3 is 0 Å². The summed E-state index contributed by atoms with van der Waals surface area (Å²) in [5, 5.41) is 0. The average Bonchev–Trinajstić information content (AvgIpc) is 2.38. The van der Waals surface area contributed by atoms with Gasteiger partial charge in [-0.15, -0.1) is 11.8 Å². The van der Waals surface area contributed by atoms with Crippen LogP contribution in [0.1, 0.15) is 13.3 Å². The second kappa shape index (κ2) is 5.63. The third kappa shape index (κ3) is 2.33. The number of amides is 1. The van der Waals surface area contributed by atoms with Crippen molar-refractivity contribution >= 4 is 23.4 Å². The van der Waals surface area contributed by atoms with Gasteiger partial charge in [0.1, 0.15) is 11.4 Å². The van der Waals surface area contributed by atoms with E-state index in [4.69, 9.17) is 10.5 Å². The lowest BCUT2D eigenvalue weighted by Crippen LogP contribution is -2.43. The molecule has 1 amide bonds. The van der Waals surface area contributed by atoms with Crippen LogP contribution >= 0.6 is 11.8 Å². The van der Waals surface area contributed by atoms with E-state index in [1.54, 1.807) is 18.9 Å². The monoisotopic (exact) mass is 266 g/mol. The number of rotatable bonds is 3. The highest BCUT2D eigenvalue weighted by molar-refractivity contribution is 7.99. The van der Waals surface area contributed by atoms with Gasteiger partial charge in [0, 0.05) is 29.7 Å². The Balaban J connectivity index is 2.45. The summed E-state index contributed by atoms with van der Waals surface area (Å²) in [5.74, 6) is 1.71. The number of hydrogen-bond acceptors (Lipinski definition) is 4. The molecule has 98 valence electrons. The van der Waals surface area contributed by atoms with Gasteiger partial charge in [0.25, 0.3) is 0 Å². The zero-order valence-corrected chi connectivity index (χ0v) is 11.5. The van der Waals surface area contributed by atoms with Crippen molar-refractivity contribution in [2.75, 3.05) is 24.3 Å². The molecule has 0 saturated carbocycles. The number of nitrogens with zero attached hydrogens (tertiary/aromatic N) is 1. The van der Waals surface area contributed by atoms with Crippen LogP contribution in [0.2, 0.25) is 0 Å². The van der Waals surface area contributed by atoms with Crippen molar-refractivity contribution in [1.82, 2.24) is 0 Å². The summed E-state index contributed by atoms with van der Waals surface area (Å²) in [6.07, 6.45) is 0.368. The lowest BCUT2D eigenvalue weighted by atomic mass is 10.2. The fourth-order valence-electron chi connectivity index (χ4n) is 2.14. The van der Waals surface area contributed by atoms with Crippen LogP contribution in [0.3, 0.4) is 0 Å². The highest BCUT2D eigenvalue weighted by Crippen LogP contribution is 2.43. The van der Waals surface area contributed by atoms with Gasteiger partial charge in [0.05, 0.1) is 7.11 Å². The molecule has 1 aliphatic heterocycles. The summed E-state index contributed by atoms with van der Waals surface area (Å²) < 4.78 is 5.38. The minimum absolute atomic E-state index is 0.0658. The quantitative estimate of drug-likeness (QED) is 0.907. The molecule has 1 aromatic carbocycles. The van der Waals surface area contributed by atoms with Gasteiger partial charge in [0.15, 0.2) is 0 Å². The Hall–Kier alpha value is -1.20.